The van der Waals surface area contributed by atoms with Gasteiger partial charge in [-0.3, -0.25) is 4.99 Å². The number of aliphatic imine (C=N–C) groups is 1. The Bertz CT molecular complexity index is 258. The maximum Gasteiger partial charge on any atom is 0.191 e. The van der Waals surface area contributed by atoms with Gasteiger partial charge in [0.25, 0.3) is 0 Å². The fourth-order valence-electron chi connectivity index (χ4n) is 2.66. The zero-order valence-corrected chi connectivity index (χ0v) is 12.4. The summed E-state index contributed by atoms with van der Waals surface area (Å²) in [6.45, 7) is 7.19. The van der Waals surface area contributed by atoms with E-state index in [4.69, 9.17) is 4.74 Å². The number of nitrogens with one attached hydrogen (secondary N) is 2. The molecule has 0 aromatic rings. The second-order valence-electron chi connectivity index (χ2n) is 5.82. The first kappa shape index (κ1) is 15.3. The molecule has 1 saturated carbocycles. The molecule has 0 saturated heterocycles. The predicted octanol–water partition coefficient (Wildman–Crippen LogP) is 2.01. The fourth-order valence-corrected chi connectivity index (χ4v) is 2.66. The Kier molecular flexibility index (Phi) is 6.47. The largest absolute Gasteiger partial charge is 0.383 e. The number of methoxy groups -OCH3 is 1. The van der Waals surface area contributed by atoms with Gasteiger partial charge in [0.15, 0.2) is 5.96 Å². The Balaban J connectivity index is 2.32. The molecule has 1 fully saturated rings. The molecule has 0 amide bonds. The van der Waals surface area contributed by atoms with E-state index in [0.29, 0.717) is 12.0 Å². The number of nitrogens with zero attached hydrogens (tertiary/aromatic N) is 1. The van der Waals surface area contributed by atoms with Crippen LogP contribution in [0.4, 0.5) is 0 Å². The van der Waals surface area contributed by atoms with Crippen LogP contribution in [-0.2, 0) is 4.74 Å². The Morgan fingerprint density at radius 3 is 2.50 bits per heavy atom. The average molecular weight is 255 g/mol. The molecule has 1 rings (SSSR count). The van der Waals surface area contributed by atoms with E-state index in [0.717, 1.165) is 25.0 Å². The van der Waals surface area contributed by atoms with Crippen LogP contribution in [0.5, 0.6) is 0 Å². The molecule has 0 radical (unpaired) electrons. The van der Waals surface area contributed by atoms with Crippen molar-refractivity contribution in [1.82, 2.24) is 10.6 Å². The van der Waals surface area contributed by atoms with E-state index in [2.05, 4.69) is 29.5 Å². The Hall–Kier alpha value is -0.770. The van der Waals surface area contributed by atoms with E-state index in [1.54, 1.807) is 7.11 Å². The Morgan fingerprint density at radius 2 is 1.94 bits per heavy atom. The zero-order valence-electron chi connectivity index (χ0n) is 12.4. The van der Waals surface area contributed by atoms with Gasteiger partial charge in [-0.05, 0) is 24.2 Å². The quantitative estimate of drug-likeness (QED) is 0.433. The standard InChI is InChI=1S/C14H29N3O/c1-14(2,12-7-5-6-8-12)11-17-13(15-3)16-9-10-18-4/h12H,5-11H2,1-4H3,(H2,15,16,17). The molecule has 2 N–H and O–H groups in total. The molecule has 0 heterocycles. The number of hydrogen-bond donors (Lipinski definition) is 2. The summed E-state index contributed by atoms with van der Waals surface area (Å²) in [5.74, 6) is 1.72. The second kappa shape index (κ2) is 7.62. The SMILES string of the molecule is CN=C(NCCOC)NCC(C)(C)C1CCCC1. The van der Waals surface area contributed by atoms with Crippen LogP contribution in [-0.4, -0.2) is 39.8 Å². The van der Waals surface area contributed by atoms with Gasteiger partial charge < -0.3 is 15.4 Å². The van der Waals surface area contributed by atoms with E-state index >= 15 is 0 Å². The molecule has 4 nitrogen and oxygen atoms in total. The first-order valence-corrected chi connectivity index (χ1v) is 7.03. The summed E-state index contributed by atoms with van der Waals surface area (Å²) in [6.07, 6.45) is 5.55. The van der Waals surface area contributed by atoms with Crippen molar-refractivity contribution in [3.8, 4) is 0 Å². The van der Waals surface area contributed by atoms with Crippen LogP contribution >= 0.6 is 0 Å². The summed E-state index contributed by atoms with van der Waals surface area (Å²) in [7, 11) is 3.52. The summed E-state index contributed by atoms with van der Waals surface area (Å²) in [6, 6.07) is 0. The molecule has 0 spiro atoms. The van der Waals surface area contributed by atoms with E-state index in [1.165, 1.54) is 25.7 Å². The Labute approximate surface area is 112 Å². The van der Waals surface area contributed by atoms with Crippen LogP contribution in [0.15, 0.2) is 4.99 Å². The molecule has 0 unspecified atom stereocenters. The molecule has 0 aromatic heterocycles. The highest BCUT2D eigenvalue weighted by Crippen LogP contribution is 2.38. The lowest BCUT2D eigenvalue weighted by Gasteiger charge is -2.32. The van der Waals surface area contributed by atoms with Crippen LogP contribution in [0, 0.1) is 11.3 Å². The zero-order chi connectivity index (χ0) is 13.4. The lowest BCUT2D eigenvalue weighted by molar-refractivity contribution is 0.202. The van der Waals surface area contributed by atoms with Crippen molar-refractivity contribution in [2.24, 2.45) is 16.3 Å². The predicted molar refractivity (Wildman–Crippen MR) is 77.0 cm³/mol. The highest BCUT2D eigenvalue weighted by molar-refractivity contribution is 5.79. The van der Waals surface area contributed by atoms with E-state index in [-0.39, 0.29) is 0 Å². The van der Waals surface area contributed by atoms with Crippen LogP contribution in [0.3, 0.4) is 0 Å². The summed E-state index contributed by atoms with van der Waals surface area (Å²) < 4.78 is 5.02. The summed E-state index contributed by atoms with van der Waals surface area (Å²) >= 11 is 0. The van der Waals surface area contributed by atoms with Gasteiger partial charge >= 0.3 is 0 Å². The van der Waals surface area contributed by atoms with E-state index < -0.39 is 0 Å². The van der Waals surface area contributed by atoms with Gasteiger partial charge in [0.2, 0.25) is 0 Å². The third-order valence-corrected chi connectivity index (χ3v) is 3.99. The minimum atomic E-state index is 0.343. The van der Waals surface area contributed by atoms with Crippen molar-refractivity contribution in [3.05, 3.63) is 0 Å². The van der Waals surface area contributed by atoms with Crippen molar-refractivity contribution in [2.45, 2.75) is 39.5 Å². The van der Waals surface area contributed by atoms with Crippen molar-refractivity contribution in [2.75, 3.05) is 33.9 Å². The van der Waals surface area contributed by atoms with Gasteiger partial charge in [-0.2, -0.15) is 0 Å². The van der Waals surface area contributed by atoms with Crippen LogP contribution in [0.1, 0.15) is 39.5 Å². The monoisotopic (exact) mass is 255 g/mol. The van der Waals surface area contributed by atoms with Crippen LogP contribution in [0.2, 0.25) is 0 Å². The molecular formula is C14H29N3O. The molecule has 4 heteroatoms. The van der Waals surface area contributed by atoms with Gasteiger partial charge in [-0.1, -0.05) is 26.7 Å². The van der Waals surface area contributed by atoms with Gasteiger partial charge in [0.1, 0.15) is 0 Å². The van der Waals surface area contributed by atoms with E-state index in [9.17, 15) is 0 Å². The maximum atomic E-state index is 5.02. The fraction of sp³-hybridized carbons (Fsp3) is 0.929. The minimum Gasteiger partial charge on any atom is -0.383 e. The summed E-state index contributed by atoms with van der Waals surface area (Å²) in [5.41, 5.74) is 0.343. The Morgan fingerprint density at radius 1 is 1.28 bits per heavy atom. The number of rotatable bonds is 6. The maximum absolute atomic E-state index is 5.02. The minimum absolute atomic E-state index is 0.343. The molecule has 106 valence electrons. The van der Waals surface area contributed by atoms with Gasteiger partial charge in [-0.15, -0.1) is 0 Å². The summed E-state index contributed by atoms with van der Waals surface area (Å²) in [5, 5.41) is 6.68. The first-order chi connectivity index (χ1) is 8.60. The first-order valence-electron chi connectivity index (χ1n) is 7.03. The van der Waals surface area contributed by atoms with Gasteiger partial charge in [0.05, 0.1) is 6.61 Å². The molecule has 1 aliphatic rings. The third-order valence-electron chi connectivity index (χ3n) is 3.99. The number of hydrogen-bond acceptors (Lipinski definition) is 2. The second-order valence-corrected chi connectivity index (χ2v) is 5.82. The smallest absolute Gasteiger partial charge is 0.191 e. The molecule has 0 aliphatic heterocycles. The molecule has 0 aromatic carbocycles. The lowest BCUT2D eigenvalue weighted by atomic mass is 9.78. The van der Waals surface area contributed by atoms with Crippen molar-refractivity contribution < 1.29 is 4.74 Å². The highest BCUT2D eigenvalue weighted by atomic mass is 16.5. The van der Waals surface area contributed by atoms with Gasteiger partial charge in [0, 0.05) is 27.2 Å². The van der Waals surface area contributed by atoms with Gasteiger partial charge in [-0.25, -0.2) is 0 Å². The third kappa shape index (κ3) is 4.84. The van der Waals surface area contributed by atoms with Crippen LogP contribution < -0.4 is 10.6 Å². The molecular weight excluding hydrogens is 226 g/mol. The molecule has 18 heavy (non-hydrogen) atoms. The number of ether oxygens (including phenoxy) is 1. The lowest BCUT2D eigenvalue weighted by Crippen LogP contribution is -2.44. The normalized spacial score (nSPS) is 18.1. The topological polar surface area (TPSA) is 45.7 Å². The van der Waals surface area contributed by atoms with E-state index in [1.807, 2.05) is 7.05 Å². The highest BCUT2D eigenvalue weighted by Gasteiger charge is 2.31. The number of guanidine groups is 1. The molecule has 1 aliphatic carbocycles. The van der Waals surface area contributed by atoms with Crippen molar-refractivity contribution in [3.63, 3.8) is 0 Å². The van der Waals surface area contributed by atoms with Crippen molar-refractivity contribution in [1.29, 1.82) is 0 Å². The average Bonchev–Trinajstić information content (AvgIpc) is 2.88. The van der Waals surface area contributed by atoms with Crippen LogP contribution in [0.25, 0.3) is 0 Å². The molecule has 0 atom stereocenters. The summed E-state index contributed by atoms with van der Waals surface area (Å²) in [4.78, 5) is 4.23. The van der Waals surface area contributed by atoms with Crippen molar-refractivity contribution >= 4 is 5.96 Å². The molecule has 0 bridgehead atoms.